The van der Waals surface area contributed by atoms with E-state index < -0.39 is 11.6 Å². The zero-order valence-corrected chi connectivity index (χ0v) is 13.1. The third-order valence-corrected chi connectivity index (χ3v) is 3.87. The van der Waals surface area contributed by atoms with E-state index in [0.29, 0.717) is 0 Å². The molecule has 1 heterocycles. The SMILES string of the molecule is Fc1ccc(F)c(Cn2cc(-c3ccc(I)cc3)cn2)c1. The van der Waals surface area contributed by atoms with Crippen LogP contribution in [0.5, 0.6) is 0 Å². The number of halogens is 3. The second-order valence-electron chi connectivity index (χ2n) is 4.67. The predicted octanol–water partition coefficient (Wildman–Crippen LogP) is 4.48. The molecular weight excluding hydrogens is 385 g/mol. The zero-order valence-electron chi connectivity index (χ0n) is 10.9. The maximum absolute atomic E-state index is 13.6. The Morgan fingerprint density at radius 2 is 1.76 bits per heavy atom. The fraction of sp³-hybridized carbons (Fsp3) is 0.0625. The molecule has 0 radical (unpaired) electrons. The van der Waals surface area contributed by atoms with Gasteiger partial charge in [-0.25, -0.2) is 8.78 Å². The standard InChI is InChI=1S/C16H11F2IN2/c17-14-3-6-16(18)12(7-14)9-21-10-13(8-20-21)11-1-4-15(19)5-2-11/h1-8,10H,9H2. The minimum Gasteiger partial charge on any atom is -0.268 e. The van der Waals surface area contributed by atoms with Crippen molar-refractivity contribution in [3.63, 3.8) is 0 Å². The van der Waals surface area contributed by atoms with Crippen molar-refractivity contribution in [3.8, 4) is 11.1 Å². The molecule has 2 aromatic carbocycles. The van der Waals surface area contributed by atoms with Gasteiger partial charge in [0.05, 0.1) is 12.7 Å². The molecule has 0 spiro atoms. The van der Waals surface area contributed by atoms with Gasteiger partial charge in [0.15, 0.2) is 0 Å². The lowest BCUT2D eigenvalue weighted by Crippen LogP contribution is -2.02. The Morgan fingerprint density at radius 1 is 1.00 bits per heavy atom. The topological polar surface area (TPSA) is 17.8 Å². The Hall–Kier alpha value is -1.76. The van der Waals surface area contributed by atoms with Gasteiger partial charge in [-0.2, -0.15) is 5.10 Å². The summed E-state index contributed by atoms with van der Waals surface area (Å²) in [6, 6.07) is 11.5. The Labute approximate surface area is 134 Å². The minimum absolute atomic E-state index is 0.202. The van der Waals surface area contributed by atoms with Crippen LogP contribution in [-0.4, -0.2) is 9.78 Å². The lowest BCUT2D eigenvalue weighted by atomic mass is 10.1. The smallest absolute Gasteiger partial charge is 0.128 e. The van der Waals surface area contributed by atoms with E-state index in [1.807, 2.05) is 30.5 Å². The molecule has 0 N–H and O–H groups in total. The van der Waals surface area contributed by atoms with E-state index in [2.05, 4.69) is 27.7 Å². The van der Waals surface area contributed by atoms with Crippen LogP contribution >= 0.6 is 22.6 Å². The zero-order chi connectivity index (χ0) is 14.8. The van der Waals surface area contributed by atoms with Crippen molar-refractivity contribution in [2.24, 2.45) is 0 Å². The van der Waals surface area contributed by atoms with E-state index in [0.717, 1.165) is 26.8 Å². The summed E-state index contributed by atoms with van der Waals surface area (Å²) in [5, 5.41) is 4.21. The van der Waals surface area contributed by atoms with Crippen LogP contribution in [0, 0.1) is 15.2 Å². The van der Waals surface area contributed by atoms with Crippen LogP contribution in [0.4, 0.5) is 8.78 Å². The Kier molecular flexibility index (Phi) is 4.01. The first-order chi connectivity index (χ1) is 10.1. The summed E-state index contributed by atoms with van der Waals surface area (Å²) in [5.41, 5.74) is 2.27. The fourth-order valence-corrected chi connectivity index (χ4v) is 2.44. The Morgan fingerprint density at radius 3 is 2.52 bits per heavy atom. The van der Waals surface area contributed by atoms with Crippen LogP contribution in [-0.2, 0) is 6.54 Å². The third-order valence-electron chi connectivity index (χ3n) is 3.15. The lowest BCUT2D eigenvalue weighted by molar-refractivity contribution is 0.566. The van der Waals surface area contributed by atoms with Crippen LogP contribution in [0.3, 0.4) is 0 Å². The average Bonchev–Trinajstić information content (AvgIpc) is 2.92. The molecule has 0 aliphatic heterocycles. The normalized spacial score (nSPS) is 10.8. The summed E-state index contributed by atoms with van der Waals surface area (Å²) in [7, 11) is 0. The monoisotopic (exact) mass is 396 g/mol. The van der Waals surface area contributed by atoms with E-state index in [4.69, 9.17) is 0 Å². The van der Waals surface area contributed by atoms with Crippen LogP contribution in [0.15, 0.2) is 54.9 Å². The maximum atomic E-state index is 13.6. The third kappa shape index (κ3) is 3.29. The highest BCUT2D eigenvalue weighted by Crippen LogP contribution is 2.20. The summed E-state index contributed by atoms with van der Waals surface area (Å²) in [6.07, 6.45) is 3.55. The molecular formula is C16H11F2IN2. The molecule has 106 valence electrons. The molecule has 0 aliphatic rings. The first kappa shape index (κ1) is 14.2. The van der Waals surface area contributed by atoms with Gasteiger partial charge in [0.25, 0.3) is 0 Å². The number of rotatable bonds is 3. The van der Waals surface area contributed by atoms with E-state index in [9.17, 15) is 8.78 Å². The maximum Gasteiger partial charge on any atom is 0.128 e. The molecule has 0 saturated heterocycles. The highest BCUT2D eigenvalue weighted by molar-refractivity contribution is 14.1. The number of hydrogen-bond donors (Lipinski definition) is 0. The van der Waals surface area contributed by atoms with Crippen molar-refractivity contribution < 1.29 is 8.78 Å². The van der Waals surface area contributed by atoms with E-state index in [1.54, 1.807) is 10.9 Å². The van der Waals surface area contributed by atoms with Gasteiger partial charge in [-0.3, -0.25) is 4.68 Å². The second-order valence-corrected chi connectivity index (χ2v) is 5.91. The first-order valence-corrected chi connectivity index (χ1v) is 7.42. The number of aromatic nitrogens is 2. The van der Waals surface area contributed by atoms with Gasteiger partial charge in [0, 0.05) is 20.9 Å². The summed E-state index contributed by atoms with van der Waals surface area (Å²) < 4.78 is 29.5. The van der Waals surface area contributed by atoms with Crippen molar-refractivity contribution >= 4 is 22.6 Å². The molecule has 2 nitrogen and oxygen atoms in total. The van der Waals surface area contributed by atoms with Gasteiger partial charge in [0.1, 0.15) is 11.6 Å². The molecule has 0 aliphatic carbocycles. The van der Waals surface area contributed by atoms with Gasteiger partial charge in [0.2, 0.25) is 0 Å². The van der Waals surface area contributed by atoms with Gasteiger partial charge in [-0.05, 0) is 58.5 Å². The molecule has 21 heavy (non-hydrogen) atoms. The summed E-state index contributed by atoms with van der Waals surface area (Å²) in [6.45, 7) is 0.202. The van der Waals surface area contributed by atoms with E-state index in [1.165, 1.54) is 6.07 Å². The van der Waals surface area contributed by atoms with E-state index in [-0.39, 0.29) is 12.1 Å². The molecule has 3 aromatic rings. The summed E-state index contributed by atoms with van der Waals surface area (Å²) >= 11 is 2.24. The number of benzene rings is 2. The quantitative estimate of drug-likeness (QED) is 0.597. The van der Waals surface area contributed by atoms with Crippen LogP contribution < -0.4 is 0 Å². The Balaban J connectivity index is 1.85. The summed E-state index contributed by atoms with van der Waals surface area (Å²) in [4.78, 5) is 0. The molecule has 0 fully saturated rings. The van der Waals surface area contributed by atoms with Gasteiger partial charge in [-0.15, -0.1) is 0 Å². The summed E-state index contributed by atoms with van der Waals surface area (Å²) in [5.74, 6) is -0.876. The first-order valence-electron chi connectivity index (χ1n) is 6.34. The predicted molar refractivity (Wildman–Crippen MR) is 85.8 cm³/mol. The molecule has 1 aromatic heterocycles. The molecule has 5 heteroatoms. The molecule has 0 bridgehead atoms. The van der Waals surface area contributed by atoms with Crippen molar-refractivity contribution in [3.05, 3.63) is 75.6 Å². The second kappa shape index (κ2) is 5.93. The molecule has 0 unspecified atom stereocenters. The van der Waals surface area contributed by atoms with Crippen LogP contribution in [0.25, 0.3) is 11.1 Å². The average molecular weight is 396 g/mol. The van der Waals surface area contributed by atoms with Crippen molar-refractivity contribution in [1.82, 2.24) is 9.78 Å². The van der Waals surface area contributed by atoms with Gasteiger partial charge in [-0.1, -0.05) is 12.1 Å². The molecule has 0 atom stereocenters. The fourth-order valence-electron chi connectivity index (χ4n) is 2.08. The van der Waals surface area contributed by atoms with Crippen molar-refractivity contribution in [1.29, 1.82) is 0 Å². The van der Waals surface area contributed by atoms with Crippen molar-refractivity contribution in [2.75, 3.05) is 0 Å². The largest absolute Gasteiger partial charge is 0.268 e. The van der Waals surface area contributed by atoms with E-state index >= 15 is 0 Å². The molecule has 0 saturated carbocycles. The van der Waals surface area contributed by atoms with Crippen LogP contribution in [0.1, 0.15) is 5.56 Å². The Bertz CT molecular complexity index is 766. The molecule has 0 amide bonds. The van der Waals surface area contributed by atoms with Gasteiger partial charge < -0.3 is 0 Å². The molecule has 3 rings (SSSR count). The highest BCUT2D eigenvalue weighted by atomic mass is 127. The number of hydrogen-bond acceptors (Lipinski definition) is 1. The van der Waals surface area contributed by atoms with Gasteiger partial charge >= 0.3 is 0 Å². The van der Waals surface area contributed by atoms with Crippen molar-refractivity contribution in [2.45, 2.75) is 6.54 Å². The van der Waals surface area contributed by atoms with Crippen LogP contribution in [0.2, 0.25) is 0 Å². The number of nitrogens with zero attached hydrogens (tertiary/aromatic N) is 2. The minimum atomic E-state index is -0.448. The highest BCUT2D eigenvalue weighted by Gasteiger charge is 2.07. The lowest BCUT2D eigenvalue weighted by Gasteiger charge is -2.03.